The van der Waals surface area contributed by atoms with Gasteiger partial charge in [0.25, 0.3) is 0 Å². The van der Waals surface area contributed by atoms with Crippen LogP contribution < -0.4 is 14.9 Å². The van der Waals surface area contributed by atoms with Gasteiger partial charge in [0.2, 0.25) is 4.77 Å². The molecule has 0 saturated heterocycles. The molecule has 0 aliphatic carbocycles. The molecule has 30 heavy (non-hydrogen) atoms. The van der Waals surface area contributed by atoms with Crippen molar-refractivity contribution >= 4 is 39.7 Å². The van der Waals surface area contributed by atoms with Gasteiger partial charge in [0.05, 0.1) is 18.7 Å². The van der Waals surface area contributed by atoms with Gasteiger partial charge >= 0.3 is 0 Å². The average Bonchev–Trinajstić information content (AvgIpc) is 3.07. The number of H-pyrrole nitrogens is 1. The van der Waals surface area contributed by atoms with Crippen LogP contribution in [0.3, 0.4) is 0 Å². The van der Waals surface area contributed by atoms with Crippen LogP contribution in [0.5, 0.6) is 11.5 Å². The van der Waals surface area contributed by atoms with Crippen molar-refractivity contribution in [3.05, 3.63) is 67.4 Å². The largest absolute Gasteiger partial charge is 0.493 e. The maximum atomic E-state index is 14.2. The maximum Gasteiger partial charge on any atom is 0.214 e. The molecule has 0 aliphatic rings. The second kappa shape index (κ2) is 10.3. The lowest BCUT2D eigenvalue weighted by atomic mass is 10.1. The Bertz CT molecular complexity index is 1070. The first-order valence-corrected chi connectivity index (χ1v) is 10.8. The Balaban J connectivity index is 1.89. The van der Waals surface area contributed by atoms with Crippen LogP contribution in [0.2, 0.25) is 5.02 Å². The van der Waals surface area contributed by atoms with E-state index >= 15 is 0 Å². The number of nitrogens with zero attached hydrogens (tertiary/aromatic N) is 2. The second-order valence-electron chi connectivity index (χ2n) is 6.41. The molecule has 0 radical (unpaired) electrons. The molecule has 0 atom stereocenters. The van der Waals surface area contributed by atoms with Crippen LogP contribution in [-0.4, -0.2) is 22.0 Å². The Labute approximate surface area is 192 Å². The molecule has 0 spiro atoms. The Morgan fingerprint density at radius 3 is 2.80 bits per heavy atom. The Hall–Kier alpha value is -2.10. The number of hydrogen-bond donors (Lipinski definition) is 2. The van der Waals surface area contributed by atoms with Crippen molar-refractivity contribution in [2.24, 2.45) is 0 Å². The first kappa shape index (κ1) is 22.6. The van der Waals surface area contributed by atoms with Crippen LogP contribution in [0.4, 0.5) is 4.39 Å². The van der Waals surface area contributed by atoms with Crippen molar-refractivity contribution in [2.75, 3.05) is 12.5 Å². The molecule has 6 nitrogen and oxygen atoms in total. The molecule has 0 fully saturated rings. The summed E-state index contributed by atoms with van der Waals surface area (Å²) in [7, 11) is 1.55. The first-order valence-electron chi connectivity index (χ1n) is 9.27. The van der Waals surface area contributed by atoms with E-state index in [0.29, 0.717) is 27.8 Å². The number of aromatic amines is 1. The van der Waals surface area contributed by atoms with E-state index < -0.39 is 5.82 Å². The zero-order valence-electron chi connectivity index (χ0n) is 16.5. The summed E-state index contributed by atoms with van der Waals surface area (Å²) in [6.07, 6.45) is 1.70. The summed E-state index contributed by atoms with van der Waals surface area (Å²) in [6, 6.07) is 8.16. The van der Waals surface area contributed by atoms with Gasteiger partial charge in [-0.25, -0.2) is 9.07 Å². The normalized spacial score (nSPS) is 10.8. The molecule has 0 saturated carbocycles. The fourth-order valence-corrected chi connectivity index (χ4v) is 3.81. The molecule has 1 aromatic heterocycles. The van der Waals surface area contributed by atoms with Gasteiger partial charge in [-0.05, 0) is 42.9 Å². The van der Waals surface area contributed by atoms with Gasteiger partial charge in [0, 0.05) is 22.0 Å². The fraction of sp³-hybridized carbons (Fsp3) is 0.300. The molecule has 0 unspecified atom stereocenters. The minimum Gasteiger partial charge on any atom is -0.493 e. The van der Waals surface area contributed by atoms with Crippen LogP contribution in [-0.2, 0) is 19.6 Å². The summed E-state index contributed by atoms with van der Waals surface area (Å²) >= 11 is 15.0. The minimum atomic E-state index is -0.426. The molecular formula is C20H21BrClFN4O2S. The van der Waals surface area contributed by atoms with Crippen molar-refractivity contribution in [1.82, 2.24) is 14.9 Å². The molecule has 10 heteroatoms. The highest BCUT2D eigenvalue weighted by molar-refractivity contribution is 9.10. The van der Waals surface area contributed by atoms with E-state index in [1.165, 1.54) is 6.07 Å². The third-order valence-corrected chi connectivity index (χ3v) is 5.81. The lowest BCUT2D eigenvalue weighted by Gasteiger charge is -2.18. The highest BCUT2D eigenvalue weighted by Gasteiger charge is 2.17. The summed E-state index contributed by atoms with van der Waals surface area (Å²) in [5.41, 5.74) is 4.33. The Morgan fingerprint density at radius 2 is 2.10 bits per heavy atom. The number of hydrogen-bond acceptors (Lipinski definition) is 5. The summed E-state index contributed by atoms with van der Waals surface area (Å²) in [5.74, 6) is 1.38. The smallest absolute Gasteiger partial charge is 0.214 e. The third kappa shape index (κ3) is 4.96. The van der Waals surface area contributed by atoms with Crippen molar-refractivity contribution < 1.29 is 13.9 Å². The molecule has 0 amide bonds. The number of benzene rings is 2. The summed E-state index contributed by atoms with van der Waals surface area (Å²) in [5, 5.41) is 7.35. The average molecular weight is 516 g/mol. The number of aromatic nitrogens is 3. The van der Waals surface area contributed by atoms with E-state index in [9.17, 15) is 4.39 Å². The van der Waals surface area contributed by atoms with Crippen LogP contribution in [0.25, 0.3) is 0 Å². The molecule has 2 aromatic carbocycles. The third-order valence-electron chi connectivity index (χ3n) is 4.44. The predicted molar refractivity (Wildman–Crippen MR) is 121 cm³/mol. The van der Waals surface area contributed by atoms with Gasteiger partial charge in [-0.3, -0.25) is 5.10 Å². The van der Waals surface area contributed by atoms with E-state index in [-0.39, 0.29) is 12.2 Å². The highest BCUT2D eigenvalue weighted by atomic mass is 79.9. The van der Waals surface area contributed by atoms with Gasteiger partial charge in [0.1, 0.15) is 12.4 Å². The molecule has 0 aliphatic heterocycles. The first-order chi connectivity index (χ1) is 14.5. The molecule has 3 rings (SSSR count). The number of halogens is 3. The number of aryl methyl sites for hydroxylation is 1. The minimum absolute atomic E-state index is 0.0441. The number of nitrogens with one attached hydrogen (secondary N) is 2. The Morgan fingerprint density at radius 1 is 1.30 bits per heavy atom. The molecule has 2 N–H and O–H groups in total. The van der Waals surface area contributed by atoms with Gasteiger partial charge in [-0.15, -0.1) is 0 Å². The van der Waals surface area contributed by atoms with Crippen LogP contribution in [0.1, 0.15) is 30.3 Å². The monoisotopic (exact) mass is 514 g/mol. The number of ether oxygens (including phenoxy) is 2. The van der Waals surface area contributed by atoms with Crippen molar-refractivity contribution in [1.29, 1.82) is 0 Å². The van der Waals surface area contributed by atoms with E-state index in [1.54, 1.807) is 30.0 Å². The summed E-state index contributed by atoms with van der Waals surface area (Å²) < 4.78 is 28.6. The zero-order valence-corrected chi connectivity index (χ0v) is 19.6. The predicted octanol–water partition coefficient (Wildman–Crippen LogP) is 5.78. The maximum absolute atomic E-state index is 14.2. The number of rotatable bonds is 9. The zero-order chi connectivity index (χ0) is 21.7. The van der Waals surface area contributed by atoms with E-state index in [0.717, 1.165) is 28.7 Å². The van der Waals surface area contributed by atoms with Gasteiger partial charge in [-0.1, -0.05) is 40.5 Å². The van der Waals surface area contributed by atoms with Gasteiger partial charge < -0.3 is 14.9 Å². The molecule has 0 bridgehead atoms. The van der Waals surface area contributed by atoms with Gasteiger partial charge in [-0.2, -0.15) is 5.10 Å². The van der Waals surface area contributed by atoms with Crippen LogP contribution in [0.15, 0.2) is 34.8 Å². The summed E-state index contributed by atoms with van der Waals surface area (Å²) in [4.78, 5) is 0. The number of methoxy groups -OCH3 is 1. The molecule has 160 valence electrons. The van der Waals surface area contributed by atoms with E-state index in [4.69, 9.17) is 33.3 Å². The van der Waals surface area contributed by atoms with Crippen LogP contribution >= 0.6 is 39.7 Å². The quantitative estimate of drug-likeness (QED) is 0.354. The highest BCUT2D eigenvalue weighted by Crippen LogP contribution is 2.37. The molecular weight excluding hydrogens is 495 g/mol. The Kier molecular flexibility index (Phi) is 7.74. The van der Waals surface area contributed by atoms with Crippen molar-refractivity contribution in [3.63, 3.8) is 0 Å². The van der Waals surface area contributed by atoms with Crippen molar-refractivity contribution in [2.45, 2.75) is 32.9 Å². The molecule has 1 heterocycles. The van der Waals surface area contributed by atoms with E-state index in [2.05, 4.69) is 38.5 Å². The summed E-state index contributed by atoms with van der Waals surface area (Å²) in [6.45, 7) is 2.39. The van der Waals surface area contributed by atoms with Gasteiger partial charge in [0.15, 0.2) is 17.3 Å². The van der Waals surface area contributed by atoms with Crippen LogP contribution in [0, 0.1) is 10.6 Å². The molecule has 3 aromatic rings. The lowest BCUT2D eigenvalue weighted by Crippen LogP contribution is -2.18. The standard InChI is InChI=1S/C20H21BrClFN4O2S/c1-3-5-18-25-26-20(30)27(18)24-10-12-14(21)8-9-17(28-2)19(12)29-11-13-15(22)6-4-7-16(13)23/h4,6-9,24H,3,5,10-11H2,1-2H3,(H,26,30). The second-order valence-corrected chi connectivity index (χ2v) is 8.06. The lowest BCUT2D eigenvalue weighted by molar-refractivity contribution is 0.276. The van der Waals surface area contributed by atoms with E-state index in [1.807, 2.05) is 6.07 Å². The topological polar surface area (TPSA) is 64.1 Å². The van der Waals surface area contributed by atoms with Crippen molar-refractivity contribution in [3.8, 4) is 11.5 Å². The fourth-order valence-electron chi connectivity index (χ4n) is 2.92. The SMILES string of the molecule is CCCc1n[nH]c(=S)n1NCc1c(Br)ccc(OC)c1OCc1c(F)cccc1Cl.